The molecule has 0 fully saturated rings. The van der Waals surface area contributed by atoms with Crippen LogP contribution in [0.1, 0.15) is 112 Å². The van der Waals surface area contributed by atoms with E-state index in [1.807, 2.05) is 116 Å². The van der Waals surface area contributed by atoms with Gasteiger partial charge in [-0.1, -0.05) is 102 Å². The topological polar surface area (TPSA) is 237 Å². The van der Waals surface area contributed by atoms with E-state index < -0.39 is 77.9 Å². The fourth-order valence-electron chi connectivity index (χ4n) is 8.51. The average Bonchev–Trinajstić information content (AvgIpc) is 3.65. The summed E-state index contributed by atoms with van der Waals surface area (Å²) in [6.45, 7) is 17.2. The van der Waals surface area contributed by atoms with Crippen LogP contribution in [-0.2, 0) is 51.3 Å². The highest BCUT2D eigenvalue weighted by molar-refractivity contribution is 9.10. The number of rotatable bonds is 27. The first-order valence-electron chi connectivity index (χ1n) is 24.5. The maximum absolute atomic E-state index is 15.1. The molecular formula is C53H77BrN8O9. The van der Waals surface area contributed by atoms with Crippen LogP contribution in [0.2, 0.25) is 0 Å². The largest absolute Gasteiger partial charge is 0.479 e. The number of fused-ring (bicyclic) bond motifs is 1. The van der Waals surface area contributed by atoms with Crippen molar-refractivity contribution in [2.75, 3.05) is 21.1 Å². The van der Waals surface area contributed by atoms with Gasteiger partial charge in [0.15, 0.2) is 6.10 Å². The van der Waals surface area contributed by atoms with Gasteiger partial charge in [0.2, 0.25) is 29.5 Å². The highest BCUT2D eigenvalue weighted by atomic mass is 79.9. The Kier molecular flexibility index (Phi) is 23.2. The number of esters is 1. The van der Waals surface area contributed by atoms with Crippen LogP contribution in [0.25, 0.3) is 10.9 Å². The summed E-state index contributed by atoms with van der Waals surface area (Å²) < 4.78 is 8.22. The number of halogens is 1. The number of aromatic nitrogens is 1. The molecule has 0 spiro atoms. The summed E-state index contributed by atoms with van der Waals surface area (Å²) in [5.74, 6) is -5.37. The van der Waals surface area contributed by atoms with Gasteiger partial charge >= 0.3 is 11.9 Å². The molecule has 3 aromatic rings. The van der Waals surface area contributed by atoms with E-state index in [0.29, 0.717) is 19.4 Å². The van der Waals surface area contributed by atoms with Crippen LogP contribution in [-0.4, -0.2) is 129 Å². The van der Waals surface area contributed by atoms with E-state index in [1.165, 1.54) is 30.8 Å². The molecule has 0 aliphatic heterocycles. The number of nitriles is 1. The second-order valence-corrected chi connectivity index (χ2v) is 21.3. The molecule has 2 aromatic carbocycles. The van der Waals surface area contributed by atoms with Gasteiger partial charge in [-0.05, 0) is 85.6 Å². The van der Waals surface area contributed by atoms with Gasteiger partial charge in [-0.3, -0.25) is 24.0 Å². The first-order valence-corrected chi connectivity index (χ1v) is 25.3. The zero-order valence-electron chi connectivity index (χ0n) is 43.6. The van der Waals surface area contributed by atoms with E-state index in [2.05, 4.69) is 31.1 Å². The number of hydrogen-bond acceptors (Lipinski definition) is 10. The van der Waals surface area contributed by atoms with Crippen LogP contribution in [0.15, 0.2) is 59.2 Å². The summed E-state index contributed by atoms with van der Waals surface area (Å²) in [5, 5.41) is 25.3. The molecule has 0 aliphatic carbocycles. The first-order chi connectivity index (χ1) is 33.3. The first kappa shape index (κ1) is 59.5. The summed E-state index contributed by atoms with van der Waals surface area (Å²) >= 11 is 3.50. The monoisotopic (exact) mass is 1050 g/mol. The van der Waals surface area contributed by atoms with Crippen molar-refractivity contribution in [3.05, 3.63) is 70.3 Å². The van der Waals surface area contributed by atoms with Crippen molar-refractivity contribution in [3.8, 4) is 6.07 Å². The summed E-state index contributed by atoms with van der Waals surface area (Å²) in [4.78, 5) is 101. The molecule has 17 nitrogen and oxygen atoms in total. The lowest BCUT2D eigenvalue weighted by Gasteiger charge is -2.35. The quantitative estimate of drug-likeness (QED) is 0.0621. The standard InChI is InChI=1S/C53H77BrN8O9/c1-31(2)24-40(56)49(65)60(11)44(27-34(7)8)47(63)58-42(26-33(5)6)51(67)61(12)45(28-37-30-62(43-17-14-13-16-39(37)43)29-36-19-21-38(54)22-20-36)48(64)57-41(25-32(3)4)50(66)59(10)35(9)53(70)71-46(52(68)69)18-15-23-55/h13-14,16-17,19-22,30-35,40-42,44-46H,15,18,24-29,56H2,1-12H3,(H,57,64)(H,58,63)(H,68,69)/t35-,40-,41-,42-,44-,45-,46+/m0/s1. The van der Waals surface area contributed by atoms with Crippen LogP contribution < -0.4 is 16.4 Å². The van der Waals surface area contributed by atoms with Crippen LogP contribution in [0.5, 0.6) is 0 Å². The van der Waals surface area contributed by atoms with E-state index in [-0.39, 0.29) is 61.7 Å². The van der Waals surface area contributed by atoms with E-state index >= 15 is 9.59 Å². The molecule has 1 heterocycles. The summed E-state index contributed by atoms with van der Waals surface area (Å²) in [6.07, 6.45) is 0.975. The molecule has 18 heteroatoms. The number of amides is 5. The fraction of sp³-hybridized carbons (Fsp3) is 0.585. The van der Waals surface area contributed by atoms with Crippen molar-refractivity contribution >= 4 is 68.3 Å². The molecule has 0 saturated heterocycles. The number of carboxylic acids is 1. The second kappa shape index (κ2) is 27.7. The number of para-hydroxylation sites is 1. The normalized spacial score (nSPS) is 14.5. The zero-order chi connectivity index (χ0) is 53.4. The Balaban J connectivity index is 2.13. The van der Waals surface area contributed by atoms with Gasteiger partial charge in [-0.2, -0.15) is 5.26 Å². The Morgan fingerprint density at radius 2 is 1.23 bits per heavy atom. The van der Waals surface area contributed by atoms with Gasteiger partial charge < -0.3 is 45.5 Å². The van der Waals surface area contributed by atoms with Gasteiger partial charge in [-0.15, -0.1) is 0 Å². The van der Waals surface area contributed by atoms with Crippen molar-refractivity contribution in [2.45, 2.75) is 156 Å². The Morgan fingerprint density at radius 1 is 0.718 bits per heavy atom. The molecule has 0 unspecified atom stereocenters. The van der Waals surface area contributed by atoms with Crippen molar-refractivity contribution in [3.63, 3.8) is 0 Å². The Morgan fingerprint density at radius 3 is 1.75 bits per heavy atom. The molecule has 3 rings (SSSR count). The third kappa shape index (κ3) is 17.5. The predicted octanol–water partition coefficient (Wildman–Crippen LogP) is 6.28. The molecule has 1 aromatic heterocycles. The molecule has 7 atom stereocenters. The molecule has 5 N–H and O–H groups in total. The number of likely N-dealkylation sites (N-methyl/N-ethyl adjacent to an activating group) is 3. The SMILES string of the molecule is CC(C)C[C@H](NC(=O)[C@H](Cc1cn(Cc2ccc(Br)cc2)c2ccccc12)N(C)C(=O)[C@H](CC(C)C)NC(=O)[C@H](CC(C)C)N(C)C(=O)[C@@H](N)CC(C)C)C(=O)N(C)[C@@H](C)C(=O)O[C@H](CCC#N)C(=O)O. The van der Waals surface area contributed by atoms with Gasteiger partial charge in [0, 0.05) is 68.5 Å². The minimum absolute atomic E-state index is 0.00605. The molecule has 0 saturated carbocycles. The number of ether oxygens (including phenoxy) is 1. The number of carbonyl (C=O) groups is 7. The number of carbonyl (C=O) groups excluding carboxylic acids is 6. The third-order valence-corrected chi connectivity index (χ3v) is 13.0. The van der Waals surface area contributed by atoms with Crippen molar-refractivity contribution < 1.29 is 43.4 Å². The number of nitrogens with zero attached hydrogens (tertiary/aromatic N) is 5. The Hall–Kier alpha value is -5.80. The maximum atomic E-state index is 15.1. The van der Waals surface area contributed by atoms with E-state index in [0.717, 1.165) is 31.4 Å². The van der Waals surface area contributed by atoms with E-state index in [1.54, 1.807) is 7.05 Å². The molecule has 0 aliphatic rings. The predicted molar refractivity (Wildman–Crippen MR) is 276 cm³/mol. The highest BCUT2D eigenvalue weighted by Gasteiger charge is 2.39. The lowest BCUT2D eigenvalue weighted by Crippen LogP contribution is -2.60. The summed E-state index contributed by atoms with van der Waals surface area (Å²) in [7, 11) is 4.39. The summed E-state index contributed by atoms with van der Waals surface area (Å²) in [5.41, 5.74) is 8.97. The van der Waals surface area contributed by atoms with E-state index in [4.69, 9.17) is 15.7 Å². The molecule has 71 heavy (non-hydrogen) atoms. The number of hydrogen-bond donors (Lipinski definition) is 4. The molecule has 0 bridgehead atoms. The number of aliphatic carboxylic acids is 1. The average molecular weight is 1050 g/mol. The zero-order valence-corrected chi connectivity index (χ0v) is 45.2. The van der Waals surface area contributed by atoms with Crippen LogP contribution in [0, 0.1) is 35.0 Å². The van der Waals surface area contributed by atoms with Crippen molar-refractivity contribution in [2.24, 2.45) is 29.4 Å². The molecule has 390 valence electrons. The van der Waals surface area contributed by atoms with Gasteiger partial charge in [-0.25, -0.2) is 9.59 Å². The summed E-state index contributed by atoms with van der Waals surface area (Å²) in [6, 6.07) is 10.8. The van der Waals surface area contributed by atoms with Crippen LogP contribution in [0.3, 0.4) is 0 Å². The number of benzene rings is 2. The van der Waals surface area contributed by atoms with Crippen molar-refractivity contribution in [1.82, 2.24) is 29.9 Å². The molecule has 5 amide bonds. The van der Waals surface area contributed by atoms with Gasteiger partial charge in [0.25, 0.3) is 0 Å². The Labute approximate surface area is 428 Å². The van der Waals surface area contributed by atoms with Crippen LogP contribution in [0.4, 0.5) is 0 Å². The fourth-order valence-corrected chi connectivity index (χ4v) is 8.78. The Bertz CT molecular complexity index is 2340. The lowest BCUT2D eigenvalue weighted by atomic mass is 9.96. The van der Waals surface area contributed by atoms with Gasteiger partial charge in [0.05, 0.1) is 12.1 Å². The second-order valence-electron chi connectivity index (χ2n) is 20.4. The third-order valence-electron chi connectivity index (χ3n) is 12.5. The minimum Gasteiger partial charge on any atom is -0.479 e. The number of nitrogens with two attached hydrogens (primary N) is 1. The lowest BCUT2D eigenvalue weighted by molar-refractivity contribution is -0.169. The maximum Gasteiger partial charge on any atom is 0.345 e. The molecule has 0 radical (unpaired) electrons. The minimum atomic E-state index is -1.60. The molecular weight excluding hydrogens is 973 g/mol. The highest BCUT2D eigenvalue weighted by Crippen LogP contribution is 2.26. The number of carboxylic acid groups (broad SMARTS) is 1. The van der Waals surface area contributed by atoms with E-state index in [9.17, 15) is 29.1 Å². The smallest absolute Gasteiger partial charge is 0.345 e. The van der Waals surface area contributed by atoms with Crippen LogP contribution >= 0.6 is 15.9 Å². The number of nitrogens with one attached hydrogen (secondary N) is 2. The van der Waals surface area contributed by atoms with Crippen molar-refractivity contribution in [1.29, 1.82) is 5.26 Å². The van der Waals surface area contributed by atoms with Gasteiger partial charge in [0.1, 0.15) is 30.2 Å².